The van der Waals surface area contributed by atoms with Gasteiger partial charge in [0, 0.05) is 16.6 Å². The third kappa shape index (κ3) is 3.99. The van der Waals surface area contributed by atoms with Crippen molar-refractivity contribution in [1.82, 2.24) is 4.98 Å². The molecule has 1 atom stereocenters. The van der Waals surface area contributed by atoms with E-state index in [9.17, 15) is 9.00 Å². The van der Waals surface area contributed by atoms with Gasteiger partial charge in [-0.25, -0.2) is 9.78 Å². The molecule has 1 heterocycles. The molecule has 0 fully saturated rings. The fourth-order valence-electron chi connectivity index (χ4n) is 1.88. The third-order valence-electron chi connectivity index (χ3n) is 2.74. The molecule has 0 spiro atoms. The van der Waals surface area contributed by atoms with Crippen molar-refractivity contribution in [2.75, 3.05) is 0 Å². The van der Waals surface area contributed by atoms with Crippen molar-refractivity contribution >= 4 is 16.8 Å². The molecule has 2 rings (SSSR count). The summed E-state index contributed by atoms with van der Waals surface area (Å²) in [6, 6.07) is 12.6. The van der Waals surface area contributed by atoms with E-state index in [1.165, 1.54) is 6.07 Å². The molecule has 1 aromatic heterocycles. The predicted molar refractivity (Wildman–Crippen MR) is 77.9 cm³/mol. The Morgan fingerprint density at radius 1 is 1.20 bits per heavy atom. The molecule has 0 aliphatic carbocycles. The zero-order valence-corrected chi connectivity index (χ0v) is 11.9. The van der Waals surface area contributed by atoms with E-state index < -0.39 is 16.8 Å². The Morgan fingerprint density at radius 3 is 2.65 bits per heavy atom. The van der Waals surface area contributed by atoms with E-state index in [1.54, 1.807) is 12.1 Å². The molecule has 0 saturated heterocycles. The first kappa shape index (κ1) is 14.4. The Hall–Kier alpha value is -2.01. The van der Waals surface area contributed by atoms with Crippen molar-refractivity contribution < 1.29 is 14.1 Å². The molecule has 1 N–H and O–H groups in total. The van der Waals surface area contributed by atoms with Crippen LogP contribution in [0.5, 0.6) is 0 Å². The summed E-state index contributed by atoms with van der Waals surface area (Å²) in [5.74, 6) is -0.369. The first-order chi connectivity index (χ1) is 9.54. The maximum Gasteiger partial charge on any atom is 0.354 e. The van der Waals surface area contributed by atoms with Gasteiger partial charge < -0.3 is 5.11 Å². The number of nitrogens with zero attached hydrogens (tertiary/aromatic N) is 1. The van der Waals surface area contributed by atoms with Crippen molar-refractivity contribution in [3.63, 3.8) is 0 Å². The SMILES string of the molecule is Cc1cccc(CS(=O)Cc2cccc(C(=O)O)n2)c1. The number of pyridine rings is 1. The maximum absolute atomic E-state index is 12.1. The number of carbonyl (C=O) groups is 1. The molecule has 4 nitrogen and oxygen atoms in total. The van der Waals surface area contributed by atoms with E-state index in [2.05, 4.69) is 4.98 Å². The average Bonchev–Trinajstić information content (AvgIpc) is 2.38. The number of aromatic nitrogens is 1. The van der Waals surface area contributed by atoms with Gasteiger partial charge in [0.25, 0.3) is 0 Å². The molecule has 1 aromatic carbocycles. The van der Waals surface area contributed by atoms with Crippen LogP contribution in [0.2, 0.25) is 0 Å². The summed E-state index contributed by atoms with van der Waals surface area (Å²) in [4.78, 5) is 14.8. The van der Waals surface area contributed by atoms with Crippen LogP contribution in [-0.4, -0.2) is 20.3 Å². The van der Waals surface area contributed by atoms with Gasteiger partial charge in [-0.05, 0) is 24.6 Å². The molecular formula is C15H15NO3S. The van der Waals surface area contributed by atoms with Gasteiger partial charge in [-0.2, -0.15) is 0 Å². The quantitative estimate of drug-likeness (QED) is 0.918. The molecule has 5 heteroatoms. The molecule has 0 bridgehead atoms. The van der Waals surface area contributed by atoms with Crippen LogP contribution in [0.25, 0.3) is 0 Å². The molecular weight excluding hydrogens is 274 g/mol. The Kier molecular flexibility index (Phi) is 4.63. The van der Waals surface area contributed by atoms with Crippen LogP contribution in [0.4, 0.5) is 0 Å². The number of hydrogen-bond acceptors (Lipinski definition) is 3. The van der Waals surface area contributed by atoms with E-state index >= 15 is 0 Å². The number of benzene rings is 1. The van der Waals surface area contributed by atoms with Gasteiger partial charge >= 0.3 is 5.97 Å². The fraction of sp³-hybridized carbons (Fsp3) is 0.200. The van der Waals surface area contributed by atoms with E-state index in [-0.39, 0.29) is 11.4 Å². The normalized spacial score (nSPS) is 12.1. The maximum atomic E-state index is 12.1. The van der Waals surface area contributed by atoms with Crippen molar-refractivity contribution in [1.29, 1.82) is 0 Å². The van der Waals surface area contributed by atoms with Crippen LogP contribution in [0.15, 0.2) is 42.5 Å². The van der Waals surface area contributed by atoms with E-state index in [1.807, 2.05) is 31.2 Å². The zero-order valence-electron chi connectivity index (χ0n) is 11.1. The Labute approximate surface area is 119 Å². The lowest BCUT2D eigenvalue weighted by molar-refractivity contribution is 0.0690. The second-order valence-corrected chi connectivity index (χ2v) is 5.99. The minimum absolute atomic E-state index is 0.0185. The smallest absolute Gasteiger partial charge is 0.354 e. The summed E-state index contributed by atoms with van der Waals surface area (Å²) in [6.07, 6.45) is 0. The van der Waals surface area contributed by atoms with Crippen molar-refractivity contribution in [3.8, 4) is 0 Å². The Bertz CT molecular complexity index is 655. The first-order valence-electron chi connectivity index (χ1n) is 6.14. The van der Waals surface area contributed by atoms with Crippen molar-refractivity contribution in [3.05, 3.63) is 65.0 Å². The van der Waals surface area contributed by atoms with Crippen LogP contribution < -0.4 is 0 Å². The second-order valence-electron chi connectivity index (χ2n) is 4.54. The summed E-state index contributed by atoms with van der Waals surface area (Å²) in [6.45, 7) is 1.99. The lowest BCUT2D eigenvalue weighted by atomic mass is 10.2. The molecule has 2 aromatic rings. The number of aryl methyl sites for hydroxylation is 1. The van der Waals surface area contributed by atoms with Gasteiger partial charge in [-0.15, -0.1) is 0 Å². The van der Waals surface area contributed by atoms with Crippen LogP contribution >= 0.6 is 0 Å². The predicted octanol–water partition coefficient (Wildman–Crippen LogP) is 2.54. The summed E-state index contributed by atoms with van der Waals surface area (Å²) in [5.41, 5.74) is 2.66. The number of hydrogen-bond donors (Lipinski definition) is 1. The largest absolute Gasteiger partial charge is 0.477 e. The monoisotopic (exact) mass is 289 g/mol. The highest BCUT2D eigenvalue weighted by atomic mass is 32.2. The highest BCUT2D eigenvalue weighted by Gasteiger charge is 2.08. The summed E-state index contributed by atoms with van der Waals surface area (Å²) < 4.78 is 12.1. The van der Waals surface area contributed by atoms with Gasteiger partial charge in [0.2, 0.25) is 0 Å². The topological polar surface area (TPSA) is 67.3 Å². The van der Waals surface area contributed by atoms with Gasteiger partial charge in [-0.3, -0.25) is 4.21 Å². The van der Waals surface area contributed by atoms with Gasteiger partial charge in [-0.1, -0.05) is 35.9 Å². The average molecular weight is 289 g/mol. The van der Waals surface area contributed by atoms with Gasteiger partial charge in [0.05, 0.1) is 11.4 Å². The van der Waals surface area contributed by atoms with Crippen LogP contribution in [0.3, 0.4) is 0 Å². The highest BCUT2D eigenvalue weighted by Crippen LogP contribution is 2.10. The number of rotatable bonds is 5. The molecule has 20 heavy (non-hydrogen) atoms. The highest BCUT2D eigenvalue weighted by molar-refractivity contribution is 7.83. The van der Waals surface area contributed by atoms with Crippen LogP contribution in [0, 0.1) is 6.92 Å². The molecule has 104 valence electrons. The minimum Gasteiger partial charge on any atom is -0.477 e. The van der Waals surface area contributed by atoms with Gasteiger partial charge in [0.1, 0.15) is 5.69 Å². The van der Waals surface area contributed by atoms with Gasteiger partial charge in [0.15, 0.2) is 0 Å². The Morgan fingerprint density at radius 2 is 1.95 bits per heavy atom. The van der Waals surface area contributed by atoms with E-state index in [4.69, 9.17) is 5.11 Å². The van der Waals surface area contributed by atoms with Crippen LogP contribution in [0.1, 0.15) is 27.3 Å². The lowest BCUT2D eigenvalue weighted by Crippen LogP contribution is -2.06. The molecule has 0 aliphatic heterocycles. The minimum atomic E-state index is -1.11. The van der Waals surface area contributed by atoms with Crippen LogP contribution in [-0.2, 0) is 22.3 Å². The third-order valence-corrected chi connectivity index (χ3v) is 4.02. The fourth-order valence-corrected chi connectivity index (χ4v) is 3.03. The van der Waals surface area contributed by atoms with E-state index in [0.29, 0.717) is 11.4 Å². The molecule has 0 radical (unpaired) electrons. The molecule has 1 unspecified atom stereocenters. The number of carboxylic acids is 1. The van der Waals surface area contributed by atoms with Crippen molar-refractivity contribution in [2.45, 2.75) is 18.4 Å². The summed E-state index contributed by atoms with van der Waals surface area (Å²) in [5, 5.41) is 8.87. The number of carboxylic acid groups (broad SMARTS) is 1. The lowest BCUT2D eigenvalue weighted by Gasteiger charge is -2.04. The first-order valence-corrected chi connectivity index (χ1v) is 7.63. The zero-order chi connectivity index (χ0) is 14.5. The molecule has 0 saturated carbocycles. The standard InChI is InChI=1S/C15H15NO3S/c1-11-4-2-5-12(8-11)9-20(19)10-13-6-3-7-14(16-13)15(17)18/h2-8H,9-10H2,1H3,(H,17,18). The Balaban J connectivity index is 2.04. The van der Waals surface area contributed by atoms with E-state index in [0.717, 1.165) is 11.1 Å². The second kappa shape index (κ2) is 6.43. The van der Waals surface area contributed by atoms with Crippen molar-refractivity contribution in [2.24, 2.45) is 0 Å². The molecule has 0 aliphatic rings. The summed E-state index contributed by atoms with van der Waals surface area (Å²) in [7, 11) is -1.11. The molecule has 0 amide bonds. The summed E-state index contributed by atoms with van der Waals surface area (Å²) >= 11 is 0. The number of aromatic carboxylic acids is 1.